The molecule has 5 heteroatoms. The molecular weight excluding hydrogens is 328 g/mol. The second-order valence-electron chi connectivity index (χ2n) is 7.87. The van der Waals surface area contributed by atoms with Gasteiger partial charge in [-0.2, -0.15) is 0 Å². The Balaban J connectivity index is 1.37. The van der Waals surface area contributed by atoms with Gasteiger partial charge in [-0.3, -0.25) is 9.69 Å². The van der Waals surface area contributed by atoms with Crippen LogP contribution in [0.1, 0.15) is 54.9 Å². The second kappa shape index (κ2) is 7.03. The van der Waals surface area contributed by atoms with Crippen molar-refractivity contribution in [2.45, 2.75) is 44.6 Å². The molecule has 1 amide bonds. The Hall–Kier alpha value is -1.88. The van der Waals surface area contributed by atoms with Crippen molar-refractivity contribution >= 4 is 11.9 Å². The van der Waals surface area contributed by atoms with Crippen molar-refractivity contribution in [3.05, 3.63) is 35.4 Å². The third-order valence-electron chi connectivity index (χ3n) is 6.29. The lowest BCUT2D eigenvalue weighted by Gasteiger charge is -2.40. The minimum absolute atomic E-state index is 0.0739. The van der Waals surface area contributed by atoms with E-state index < -0.39 is 5.60 Å². The first-order valence-corrected chi connectivity index (χ1v) is 9.97. The first-order valence-electron chi connectivity index (χ1n) is 9.97. The topological polar surface area (TPSA) is 49.9 Å². The molecule has 2 aliphatic heterocycles. The number of rotatable bonds is 3. The molecule has 1 saturated heterocycles. The van der Waals surface area contributed by atoms with Gasteiger partial charge < -0.3 is 9.64 Å². The van der Waals surface area contributed by atoms with E-state index in [2.05, 4.69) is 11.8 Å². The molecule has 3 aliphatic rings. The molecule has 2 fully saturated rings. The number of carbonyl (C=O) groups is 2. The molecule has 0 aromatic heterocycles. The largest absolute Gasteiger partial charge is 0.451 e. The third-order valence-corrected chi connectivity index (χ3v) is 6.29. The molecule has 140 valence electrons. The van der Waals surface area contributed by atoms with Crippen molar-refractivity contribution in [3.8, 4) is 0 Å². The first-order chi connectivity index (χ1) is 12.6. The maximum absolute atomic E-state index is 12.9. The zero-order valence-electron chi connectivity index (χ0n) is 15.6. The number of benzene rings is 1. The molecule has 0 bridgehead atoms. The zero-order chi connectivity index (χ0) is 18.1. The Morgan fingerprint density at radius 3 is 2.54 bits per heavy atom. The Kier molecular flexibility index (Phi) is 4.74. The molecule has 1 aliphatic carbocycles. The highest BCUT2D eigenvalue weighted by molar-refractivity contribution is 5.94. The molecule has 0 radical (unpaired) electrons. The molecule has 1 saturated carbocycles. The maximum Gasteiger partial charge on any atom is 0.339 e. The minimum Gasteiger partial charge on any atom is -0.451 e. The summed E-state index contributed by atoms with van der Waals surface area (Å²) in [5.41, 5.74) is 1.22. The molecular formula is C21H28N2O3. The summed E-state index contributed by atoms with van der Waals surface area (Å²) in [7, 11) is 0. The number of hydrogen-bond donors (Lipinski definition) is 0. The Morgan fingerprint density at radius 2 is 1.85 bits per heavy atom. The van der Waals surface area contributed by atoms with Crippen LogP contribution in [0.2, 0.25) is 0 Å². The number of ether oxygens (including phenoxy) is 1. The normalized spacial score (nSPS) is 28.9. The molecule has 2 heterocycles. The van der Waals surface area contributed by atoms with Crippen LogP contribution in [0.25, 0.3) is 0 Å². The number of hydrogen-bond acceptors (Lipinski definition) is 4. The Bertz CT molecular complexity index is 686. The molecule has 1 aromatic carbocycles. The second-order valence-corrected chi connectivity index (χ2v) is 7.87. The summed E-state index contributed by atoms with van der Waals surface area (Å²) < 4.78 is 5.80. The molecule has 1 aromatic rings. The van der Waals surface area contributed by atoms with E-state index in [1.54, 1.807) is 0 Å². The Labute approximate surface area is 155 Å². The van der Waals surface area contributed by atoms with Crippen molar-refractivity contribution < 1.29 is 14.3 Å². The van der Waals surface area contributed by atoms with Crippen molar-refractivity contribution in [1.29, 1.82) is 0 Å². The fourth-order valence-corrected chi connectivity index (χ4v) is 4.81. The van der Waals surface area contributed by atoms with Crippen LogP contribution in [-0.4, -0.2) is 54.4 Å². The summed E-state index contributed by atoms with van der Waals surface area (Å²) in [5.74, 6) is 0.163. The van der Waals surface area contributed by atoms with Gasteiger partial charge in [-0.15, -0.1) is 0 Å². The van der Waals surface area contributed by atoms with Gasteiger partial charge in [-0.25, -0.2) is 4.79 Å². The van der Waals surface area contributed by atoms with Crippen molar-refractivity contribution in [1.82, 2.24) is 9.80 Å². The summed E-state index contributed by atoms with van der Waals surface area (Å²) >= 11 is 0. The Morgan fingerprint density at radius 1 is 1.15 bits per heavy atom. The molecule has 4 rings (SSSR count). The standard InChI is InChI=1S/C21H28N2O3/c1-2-11-22-12-14-23(15-13-22)19(24)16-7-9-21(10-8-16)18-6-4-3-5-17(18)20(25)26-21/h3-6,16H,2,7-15H2,1H3/t16-,21-. The summed E-state index contributed by atoms with van der Waals surface area (Å²) in [5, 5.41) is 0. The number of nitrogens with zero attached hydrogens (tertiary/aromatic N) is 2. The van der Waals surface area contributed by atoms with E-state index in [0.717, 1.165) is 64.0 Å². The van der Waals surface area contributed by atoms with Gasteiger partial charge in [0, 0.05) is 37.7 Å². The highest BCUT2D eigenvalue weighted by Gasteiger charge is 2.48. The van der Waals surface area contributed by atoms with Crippen LogP contribution < -0.4 is 0 Å². The monoisotopic (exact) mass is 356 g/mol. The zero-order valence-corrected chi connectivity index (χ0v) is 15.6. The number of carbonyl (C=O) groups excluding carboxylic acids is 2. The lowest BCUT2D eigenvalue weighted by Crippen LogP contribution is -2.51. The predicted octanol–water partition coefficient (Wildman–Crippen LogP) is 2.80. The molecule has 0 atom stereocenters. The van der Waals surface area contributed by atoms with Gasteiger partial charge in [0.25, 0.3) is 0 Å². The van der Waals surface area contributed by atoms with Crippen molar-refractivity contribution in [3.63, 3.8) is 0 Å². The van der Waals surface area contributed by atoms with Crippen LogP contribution in [0.3, 0.4) is 0 Å². The molecule has 0 unspecified atom stereocenters. The van der Waals surface area contributed by atoms with Gasteiger partial charge in [0.05, 0.1) is 5.56 Å². The van der Waals surface area contributed by atoms with Crippen molar-refractivity contribution in [2.24, 2.45) is 5.92 Å². The summed E-state index contributed by atoms with van der Waals surface area (Å²) in [6.45, 7) is 6.99. The molecule has 26 heavy (non-hydrogen) atoms. The van der Waals surface area contributed by atoms with Crippen LogP contribution in [0.5, 0.6) is 0 Å². The van der Waals surface area contributed by atoms with E-state index in [1.807, 2.05) is 29.2 Å². The first kappa shape index (κ1) is 17.5. The van der Waals surface area contributed by atoms with Gasteiger partial charge in [0.15, 0.2) is 0 Å². The van der Waals surface area contributed by atoms with Crippen LogP contribution in [0, 0.1) is 5.92 Å². The molecule has 5 nitrogen and oxygen atoms in total. The summed E-state index contributed by atoms with van der Waals surface area (Å²) in [6.07, 6.45) is 4.27. The fourth-order valence-electron chi connectivity index (χ4n) is 4.81. The van der Waals surface area contributed by atoms with E-state index in [1.165, 1.54) is 6.42 Å². The fraction of sp³-hybridized carbons (Fsp3) is 0.619. The highest BCUT2D eigenvalue weighted by atomic mass is 16.6. The van der Waals surface area contributed by atoms with Crippen LogP contribution >= 0.6 is 0 Å². The van der Waals surface area contributed by atoms with Crippen LogP contribution in [0.4, 0.5) is 0 Å². The lowest BCUT2D eigenvalue weighted by molar-refractivity contribution is -0.140. The number of piperazine rings is 1. The summed E-state index contributed by atoms with van der Waals surface area (Å²) in [4.78, 5) is 29.6. The SMILES string of the molecule is CCCN1CCN(C(=O)[C@H]2CC[C@@]3(CC2)OC(=O)c2ccccc23)CC1. The van der Waals surface area contributed by atoms with Gasteiger partial charge in [-0.05, 0) is 44.7 Å². The van der Waals surface area contributed by atoms with E-state index >= 15 is 0 Å². The van der Waals surface area contributed by atoms with Crippen LogP contribution in [-0.2, 0) is 15.1 Å². The van der Waals surface area contributed by atoms with Gasteiger partial charge in [0.2, 0.25) is 5.91 Å². The molecule has 0 N–H and O–H groups in total. The summed E-state index contributed by atoms with van der Waals surface area (Å²) in [6, 6.07) is 7.71. The number of amides is 1. The lowest BCUT2D eigenvalue weighted by atomic mass is 9.74. The van der Waals surface area contributed by atoms with E-state index in [9.17, 15) is 9.59 Å². The molecule has 1 spiro atoms. The van der Waals surface area contributed by atoms with Crippen molar-refractivity contribution in [2.75, 3.05) is 32.7 Å². The van der Waals surface area contributed by atoms with Gasteiger partial charge >= 0.3 is 5.97 Å². The highest BCUT2D eigenvalue weighted by Crippen LogP contribution is 2.48. The minimum atomic E-state index is -0.496. The average molecular weight is 356 g/mol. The maximum atomic E-state index is 12.9. The van der Waals surface area contributed by atoms with Gasteiger partial charge in [0.1, 0.15) is 5.60 Å². The van der Waals surface area contributed by atoms with E-state index in [-0.39, 0.29) is 11.9 Å². The van der Waals surface area contributed by atoms with E-state index in [4.69, 9.17) is 4.74 Å². The smallest absolute Gasteiger partial charge is 0.339 e. The third kappa shape index (κ3) is 3.02. The number of fused-ring (bicyclic) bond motifs is 2. The quantitative estimate of drug-likeness (QED) is 0.782. The predicted molar refractivity (Wildman–Crippen MR) is 98.8 cm³/mol. The van der Waals surface area contributed by atoms with Crippen LogP contribution in [0.15, 0.2) is 24.3 Å². The van der Waals surface area contributed by atoms with E-state index in [0.29, 0.717) is 11.5 Å². The number of esters is 1. The average Bonchev–Trinajstić information content (AvgIpc) is 2.95. The van der Waals surface area contributed by atoms with Gasteiger partial charge in [-0.1, -0.05) is 25.1 Å².